The summed E-state index contributed by atoms with van der Waals surface area (Å²) in [5.74, 6) is 1.11. The molecule has 1 unspecified atom stereocenters. The highest BCUT2D eigenvalue weighted by Crippen LogP contribution is 2.18. The van der Waals surface area contributed by atoms with Crippen molar-refractivity contribution in [2.24, 2.45) is 0 Å². The van der Waals surface area contributed by atoms with Crippen LogP contribution in [0.25, 0.3) is 0 Å². The normalized spacial score (nSPS) is 11.3. The van der Waals surface area contributed by atoms with Crippen LogP contribution in [0.4, 0.5) is 0 Å². The Bertz CT molecular complexity index is 448. The maximum atomic E-state index is 11.5. The van der Waals surface area contributed by atoms with E-state index in [-0.39, 0.29) is 24.8 Å². The molecule has 0 spiro atoms. The molecule has 1 aromatic rings. The van der Waals surface area contributed by atoms with Gasteiger partial charge in [-0.05, 0) is 12.0 Å². The van der Waals surface area contributed by atoms with E-state index in [2.05, 4.69) is 11.2 Å². The predicted molar refractivity (Wildman–Crippen MR) is 67.6 cm³/mol. The first kappa shape index (κ1) is 13.8. The van der Waals surface area contributed by atoms with E-state index in [1.807, 2.05) is 30.3 Å². The number of carboxylic acid groups (broad SMARTS) is 1. The molecule has 0 bridgehead atoms. The van der Waals surface area contributed by atoms with Crippen LogP contribution < -0.4 is 5.32 Å². The maximum absolute atomic E-state index is 11.5. The van der Waals surface area contributed by atoms with Gasteiger partial charge >= 0.3 is 5.97 Å². The van der Waals surface area contributed by atoms with Gasteiger partial charge in [0.2, 0.25) is 5.91 Å². The zero-order chi connectivity index (χ0) is 13.4. The Balaban J connectivity index is 2.72. The first-order valence-corrected chi connectivity index (χ1v) is 5.63. The molecule has 18 heavy (non-hydrogen) atoms. The largest absolute Gasteiger partial charge is 0.481 e. The molecule has 94 valence electrons. The van der Waals surface area contributed by atoms with Crippen molar-refractivity contribution in [3.8, 4) is 12.3 Å². The van der Waals surface area contributed by atoms with Crippen LogP contribution in [0.3, 0.4) is 0 Å². The van der Waals surface area contributed by atoms with Crippen LogP contribution in [-0.2, 0) is 9.59 Å². The molecule has 0 aliphatic heterocycles. The molecule has 1 atom stereocenters. The minimum atomic E-state index is -0.887. The van der Waals surface area contributed by atoms with Crippen LogP contribution in [0, 0.1) is 12.3 Å². The second-order valence-electron chi connectivity index (χ2n) is 3.84. The molecule has 0 aliphatic carbocycles. The number of hydrogen-bond acceptors (Lipinski definition) is 2. The molecule has 0 heterocycles. The summed E-state index contributed by atoms with van der Waals surface area (Å²) in [4.78, 5) is 22.1. The van der Waals surface area contributed by atoms with Crippen molar-refractivity contribution in [1.82, 2.24) is 5.32 Å². The van der Waals surface area contributed by atoms with Gasteiger partial charge in [0.1, 0.15) is 0 Å². The van der Waals surface area contributed by atoms with Gasteiger partial charge in [-0.25, -0.2) is 0 Å². The average Bonchev–Trinajstić information content (AvgIpc) is 2.35. The molecule has 0 saturated heterocycles. The molecule has 0 radical (unpaired) electrons. The number of amides is 1. The van der Waals surface area contributed by atoms with Crippen LogP contribution >= 0.6 is 0 Å². The second-order valence-corrected chi connectivity index (χ2v) is 3.84. The van der Waals surface area contributed by atoms with Crippen molar-refractivity contribution in [2.75, 3.05) is 0 Å². The lowest BCUT2D eigenvalue weighted by atomic mass is 10.0. The Morgan fingerprint density at radius 1 is 1.33 bits per heavy atom. The van der Waals surface area contributed by atoms with Crippen molar-refractivity contribution in [3.63, 3.8) is 0 Å². The van der Waals surface area contributed by atoms with Crippen molar-refractivity contribution in [3.05, 3.63) is 35.9 Å². The minimum Gasteiger partial charge on any atom is -0.481 e. The number of carbonyl (C=O) groups excluding carboxylic acids is 1. The number of hydrogen-bond donors (Lipinski definition) is 2. The van der Waals surface area contributed by atoms with Gasteiger partial charge < -0.3 is 10.4 Å². The molecule has 4 nitrogen and oxygen atoms in total. The third-order valence-electron chi connectivity index (χ3n) is 2.45. The number of terminal acetylenes is 1. The van der Waals surface area contributed by atoms with Gasteiger partial charge in [-0.15, -0.1) is 6.42 Å². The lowest BCUT2D eigenvalue weighted by Gasteiger charge is -2.17. The molecule has 1 aromatic carbocycles. The zero-order valence-corrected chi connectivity index (χ0v) is 9.93. The second kappa shape index (κ2) is 7.13. The van der Waals surface area contributed by atoms with Crippen LogP contribution in [0.1, 0.15) is 30.9 Å². The quantitative estimate of drug-likeness (QED) is 0.750. The Morgan fingerprint density at radius 3 is 2.56 bits per heavy atom. The number of benzene rings is 1. The number of rotatable bonds is 6. The maximum Gasteiger partial charge on any atom is 0.303 e. The highest BCUT2D eigenvalue weighted by molar-refractivity contribution is 5.78. The van der Waals surface area contributed by atoms with Gasteiger partial charge in [-0.1, -0.05) is 36.3 Å². The predicted octanol–water partition coefficient (Wildman–Crippen LogP) is 1.73. The number of carboxylic acids is 1. The van der Waals surface area contributed by atoms with Crippen LogP contribution in [-0.4, -0.2) is 17.0 Å². The molecule has 4 heteroatoms. The van der Waals surface area contributed by atoms with Crippen LogP contribution in [0.2, 0.25) is 0 Å². The Kier molecular flexibility index (Phi) is 5.46. The lowest BCUT2D eigenvalue weighted by Crippen LogP contribution is -2.28. The number of aliphatic carboxylic acids is 1. The van der Waals surface area contributed by atoms with E-state index < -0.39 is 5.97 Å². The molecule has 1 amide bonds. The van der Waals surface area contributed by atoms with E-state index in [9.17, 15) is 9.59 Å². The van der Waals surface area contributed by atoms with E-state index in [1.165, 1.54) is 0 Å². The summed E-state index contributed by atoms with van der Waals surface area (Å²) < 4.78 is 0. The molecule has 2 N–H and O–H groups in total. The first-order chi connectivity index (χ1) is 8.63. The third kappa shape index (κ3) is 4.71. The monoisotopic (exact) mass is 245 g/mol. The Labute approximate surface area is 106 Å². The first-order valence-electron chi connectivity index (χ1n) is 5.63. The molecule has 1 rings (SSSR count). The average molecular weight is 245 g/mol. The van der Waals surface area contributed by atoms with E-state index in [0.29, 0.717) is 6.42 Å². The molecular formula is C14H15NO3. The van der Waals surface area contributed by atoms with Gasteiger partial charge in [-0.2, -0.15) is 0 Å². The molecule has 0 saturated carbocycles. The molecule has 0 aliphatic rings. The van der Waals surface area contributed by atoms with Crippen LogP contribution in [0.5, 0.6) is 0 Å². The topological polar surface area (TPSA) is 66.4 Å². The Hall–Kier alpha value is -2.28. The van der Waals surface area contributed by atoms with Gasteiger partial charge in [0, 0.05) is 6.42 Å². The Morgan fingerprint density at radius 2 is 2.00 bits per heavy atom. The smallest absolute Gasteiger partial charge is 0.303 e. The van der Waals surface area contributed by atoms with Crippen molar-refractivity contribution in [2.45, 2.75) is 25.3 Å². The minimum absolute atomic E-state index is 0.00357. The van der Waals surface area contributed by atoms with E-state index >= 15 is 0 Å². The SMILES string of the molecule is C#CCC(=O)NC(CCC(=O)O)c1ccccc1. The fourth-order valence-corrected chi connectivity index (χ4v) is 1.61. The number of carbonyl (C=O) groups is 2. The zero-order valence-electron chi connectivity index (χ0n) is 9.93. The summed E-state index contributed by atoms with van der Waals surface area (Å²) in [5, 5.41) is 11.4. The number of nitrogens with one attached hydrogen (secondary N) is 1. The standard InChI is InChI=1S/C14H15NO3/c1-2-6-13(16)15-12(9-10-14(17)18)11-7-4-3-5-8-11/h1,3-5,7-8,12H,6,9-10H2,(H,15,16)(H,17,18). The fraction of sp³-hybridized carbons (Fsp3) is 0.286. The lowest BCUT2D eigenvalue weighted by molar-refractivity contribution is -0.137. The summed E-state index contributed by atoms with van der Waals surface area (Å²) >= 11 is 0. The van der Waals surface area contributed by atoms with Crippen molar-refractivity contribution < 1.29 is 14.7 Å². The highest BCUT2D eigenvalue weighted by atomic mass is 16.4. The highest BCUT2D eigenvalue weighted by Gasteiger charge is 2.15. The van der Waals surface area contributed by atoms with E-state index in [1.54, 1.807) is 0 Å². The molecule has 0 aromatic heterocycles. The van der Waals surface area contributed by atoms with E-state index in [4.69, 9.17) is 11.5 Å². The third-order valence-corrected chi connectivity index (χ3v) is 2.45. The van der Waals surface area contributed by atoms with Gasteiger partial charge in [-0.3, -0.25) is 9.59 Å². The molecule has 0 fully saturated rings. The fourth-order valence-electron chi connectivity index (χ4n) is 1.61. The summed E-state index contributed by atoms with van der Waals surface area (Å²) in [5.41, 5.74) is 0.879. The summed E-state index contributed by atoms with van der Waals surface area (Å²) in [7, 11) is 0. The van der Waals surface area contributed by atoms with E-state index in [0.717, 1.165) is 5.56 Å². The van der Waals surface area contributed by atoms with Gasteiger partial charge in [0.15, 0.2) is 0 Å². The van der Waals surface area contributed by atoms with Gasteiger partial charge in [0.05, 0.1) is 12.5 Å². The van der Waals surface area contributed by atoms with Crippen molar-refractivity contribution in [1.29, 1.82) is 0 Å². The summed E-state index contributed by atoms with van der Waals surface area (Å²) in [6, 6.07) is 8.93. The van der Waals surface area contributed by atoms with Crippen molar-refractivity contribution >= 4 is 11.9 Å². The van der Waals surface area contributed by atoms with Crippen LogP contribution in [0.15, 0.2) is 30.3 Å². The summed E-state index contributed by atoms with van der Waals surface area (Å²) in [6.07, 6.45) is 5.40. The van der Waals surface area contributed by atoms with Gasteiger partial charge in [0.25, 0.3) is 0 Å². The summed E-state index contributed by atoms with van der Waals surface area (Å²) in [6.45, 7) is 0. The molecular weight excluding hydrogens is 230 g/mol.